The SMILES string of the molecule is COC(=O)c1cc(/C=C/C(=O)OC(C)(C)C)n(C)n1. The molecular formula is C13H18N2O4. The quantitative estimate of drug-likeness (QED) is 0.613. The van der Waals surface area contributed by atoms with Crippen LogP contribution in [0.4, 0.5) is 0 Å². The maximum absolute atomic E-state index is 11.5. The van der Waals surface area contributed by atoms with Crippen molar-refractivity contribution >= 4 is 18.0 Å². The summed E-state index contributed by atoms with van der Waals surface area (Å²) in [6.07, 6.45) is 2.83. The Kier molecular flexibility index (Phi) is 4.47. The van der Waals surface area contributed by atoms with Crippen molar-refractivity contribution in [2.45, 2.75) is 26.4 Å². The molecule has 1 heterocycles. The molecule has 0 atom stereocenters. The summed E-state index contributed by atoms with van der Waals surface area (Å²) in [5, 5.41) is 3.97. The lowest BCUT2D eigenvalue weighted by Crippen LogP contribution is -2.22. The van der Waals surface area contributed by atoms with E-state index < -0.39 is 17.5 Å². The predicted octanol–water partition coefficient (Wildman–Crippen LogP) is 1.56. The topological polar surface area (TPSA) is 70.4 Å². The lowest BCUT2D eigenvalue weighted by atomic mass is 10.2. The van der Waals surface area contributed by atoms with Gasteiger partial charge < -0.3 is 9.47 Å². The zero-order valence-corrected chi connectivity index (χ0v) is 11.8. The largest absolute Gasteiger partial charge is 0.464 e. The molecule has 104 valence electrons. The van der Waals surface area contributed by atoms with Gasteiger partial charge in [-0.2, -0.15) is 5.10 Å². The van der Waals surface area contributed by atoms with Crippen molar-refractivity contribution < 1.29 is 19.1 Å². The van der Waals surface area contributed by atoms with Gasteiger partial charge in [-0.3, -0.25) is 4.68 Å². The number of esters is 2. The van der Waals surface area contributed by atoms with Crippen LogP contribution in [0.15, 0.2) is 12.1 Å². The number of hydrogen-bond donors (Lipinski definition) is 0. The summed E-state index contributed by atoms with van der Waals surface area (Å²) in [7, 11) is 2.95. The second-order valence-corrected chi connectivity index (χ2v) is 4.94. The van der Waals surface area contributed by atoms with Crippen LogP contribution in [0.2, 0.25) is 0 Å². The highest BCUT2D eigenvalue weighted by Crippen LogP contribution is 2.10. The highest BCUT2D eigenvalue weighted by molar-refractivity contribution is 5.89. The van der Waals surface area contributed by atoms with Crippen LogP contribution >= 0.6 is 0 Å². The molecule has 0 saturated carbocycles. The van der Waals surface area contributed by atoms with Gasteiger partial charge in [0, 0.05) is 13.1 Å². The van der Waals surface area contributed by atoms with Crippen LogP contribution < -0.4 is 0 Å². The average Bonchev–Trinajstić information content (AvgIpc) is 2.65. The van der Waals surface area contributed by atoms with Crippen molar-refractivity contribution in [3.8, 4) is 0 Å². The number of ether oxygens (including phenoxy) is 2. The molecule has 0 aliphatic heterocycles. The minimum absolute atomic E-state index is 0.189. The molecule has 0 aromatic carbocycles. The molecule has 0 radical (unpaired) electrons. The van der Waals surface area contributed by atoms with E-state index in [9.17, 15) is 9.59 Å². The summed E-state index contributed by atoms with van der Waals surface area (Å²) in [6, 6.07) is 1.53. The standard InChI is InChI=1S/C13H18N2O4/c1-13(2,3)19-11(16)7-6-9-8-10(12(17)18-5)14-15(9)4/h6-8H,1-5H3/b7-6+. The fourth-order valence-corrected chi connectivity index (χ4v) is 1.33. The van der Waals surface area contributed by atoms with Gasteiger partial charge in [-0.1, -0.05) is 0 Å². The molecule has 0 amide bonds. The van der Waals surface area contributed by atoms with Crippen LogP contribution in [0, 0.1) is 0 Å². The summed E-state index contributed by atoms with van der Waals surface area (Å²) in [6.45, 7) is 5.37. The molecule has 0 unspecified atom stereocenters. The number of hydrogen-bond acceptors (Lipinski definition) is 5. The highest BCUT2D eigenvalue weighted by Gasteiger charge is 2.15. The van der Waals surface area contributed by atoms with Crippen LogP contribution in [0.25, 0.3) is 6.08 Å². The number of aromatic nitrogens is 2. The second-order valence-electron chi connectivity index (χ2n) is 4.94. The summed E-state index contributed by atoms with van der Waals surface area (Å²) in [5.74, 6) is -0.971. The van der Waals surface area contributed by atoms with Gasteiger partial charge in [0.25, 0.3) is 0 Å². The molecule has 0 aliphatic carbocycles. The lowest BCUT2D eigenvalue weighted by molar-refractivity contribution is -0.148. The fraction of sp³-hybridized carbons (Fsp3) is 0.462. The normalized spacial score (nSPS) is 11.6. The number of methoxy groups -OCH3 is 1. The van der Waals surface area contributed by atoms with Crippen molar-refractivity contribution in [2.24, 2.45) is 7.05 Å². The van der Waals surface area contributed by atoms with E-state index in [-0.39, 0.29) is 5.69 Å². The number of carbonyl (C=O) groups is 2. The Morgan fingerprint density at radius 1 is 1.37 bits per heavy atom. The van der Waals surface area contributed by atoms with Gasteiger partial charge in [0.05, 0.1) is 12.8 Å². The van der Waals surface area contributed by atoms with Crippen molar-refractivity contribution in [1.82, 2.24) is 9.78 Å². The van der Waals surface area contributed by atoms with Crippen LogP contribution in [-0.2, 0) is 21.3 Å². The van der Waals surface area contributed by atoms with E-state index in [1.54, 1.807) is 27.8 Å². The number of carbonyl (C=O) groups excluding carboxylic acids is 2. The minimum Gasteiger partial charge on any atom is -0.464 e. The molecule has 0 fully saturated rings. The molecule has 0 saturated heterocycles. The van der Waals surface area contributed by atoms with Crippen LogP contribution in [0.5, 0.6) is 0 Å². The highest BCUT2D eigenvalue weighted by atomic mass is 16.6. The maximum Gasteiger partial charge on any atom is 0.358 e. The first kappa shape index (κ1) is 14.9. The third-order valence-corrected chi connectivity index (χ3v) is 2.11. The van der Waals surface area contributed by atoms with E-state index in [4.69, 9.17) is 4.74 Å². The van der Waals surface area contributed by atoms with Gasteiger partial charge in [-0.25, -0.2) is 9.59 Å². The molecule has 0 aliphatic rings. The molecule has 1 aromatic rings. The molecule has 1 rings (SSSR count). The van der Waals surface area contributed by atoms with Crippen molar-refractivity contribution in [3.05, 3.63) is 23.5 Å². The number of rotatable bonds is 3. The average molecular weight is 266 g/mol. The number of nitrogens with zero attached hydrogens (tertiary/aromatic N) is 2. The van der Waals surface area contributed by atoms with E-state index in [2.05, 4.69) is 9.84 Å². The van der Waals surface area contributed by atoms with Gasteiger partial charge in [0.15, 0.2) is 5.69 Å². The Hall–Kier alpha value is -2.11. The zero-order valence-electron chi connectivity index (χ0n) is 11.8. The van der Waals surface area contributed by atoms with Crippen LogP contribution in [0.1, 0.15) is 37.0 Å². The van der Waals surface area contributed by atoms with Crippen molar-refractivity contribution in [1.29, 1.82) is 0 Å². The Labute approximate surface area is 112 Å². The van der Waals surface area contributed by atoms with Gasteiger partial charge in [-0.15, -0.1) is 0 Å². The Morgan fingerprint density at radius 2 is 2.00 bits per heavy atom. The molecular weight excluding hydrogens is 248 g/mol. The predicted molar refractivity (Wildman–Crippen MR) is 69.4 cm³/mol. The minimum atomic E-state index is -0.537. The Bertz CT molecular complexity index is 509. The van der Waals surface area contributed by atoms with Crippen LogP contribution in [0.3, 0.4) is 0 Å². The van der Waals surface area contributed by atoms with Gasteiger partial charge in [0.1, 0.15) is 5.60 Å². The third-order valence-electron chi connectivity index (χ3n) is 2.11. The Balaban J connectivity index is 2.80. The van der Waals surface area contributed by atoms with Crippen molar-refractivity contribution in [3.63, 3.8) is 0 Å². The Morgan fingerprint density at radius 3 is 2.53 bits per heavy atom. The second kappa shape index (κ2) is 5.69. The maximum atomic E-state index is 11.5. The lowest BCUT2D eigenvalue weighted by Gasteiger charge is -2.17. The van der Waals surface area contributed by atoms with E-state index in [0.29, 0.717) is 5.69 Å². The molecule has 0 spiro atoms. The van der Waals surface area contributed by atoms with E-state index in [1.807, 2.05) is 0 Å². The van der Waals surface area contributed by atoms with Crippen molar-refractivity contribution in [2.75, 3.05) is 7.11 Å². The smallest absolute Gasteiger partial charge is 0.358 e. The molecule has 19 heavy (non-hydrogen) atoms. The molecule has 1 aromatic heterocycles. The summed E-state index contributed by atoms with van der Waals surface area (Å²) < 4.78 is 11.2. The van der Waals surface area contributed by atoms with E-state index >= 15 is 0 Å². The summed E-state index contributed by atoms with van der Waals surface area (Å²) in [4.78, 5) is 22.8. The summed E-state index contributed by atoms with van der Waals surface area (Å²) >= 11 is 0. The van der Waals surface area contributed by atoms with E-state index in [1.165, 1.54) is 30.0 Å². The molecule has 0 bridgehead atoms. The van der Waals surface area contributed by atoms with Gasteiger partial charge in [-0.05, 0) is 32.9 Å². The third kappa shape index (κ3) is 4.57. The fourth-order valence-electron chi connectivity index (χ4n) is 1.33. The molecule has 6 nitrogen and oxygen atoms in total. The van der Waals surface area contributed by atoms with Gasteiger partial charge >= 0.3 is 11.9 Å². The van der Waals surface area contributed by atoms with E-state index in [0.717, 1.165) is 0 Å². The first-order valence-corrected chi connectivity index (χ1v) is 5.76. The zero-order chi connectivity index (χ0) is 14.6. The first-order valence-electron chi connectivity index (χ1n) is 5.76. The van der Waals surface area contributed by atoms with Gasteiger partial charge in [0.2, 0.25) is 0 Å². The monoisotopic (exact) mass is 266 g/mol. The molecule has 6 heteroatoms. The molecule has 0 N–H and O–H groups in total. The first-order chi connectivity index (χ1) is 8.73. The van der Waals surface area contributed by atoms with Crippen LogP contribution in [-0.4, -0.2) is 34.4 Å². The number of aryl methyl sites for hydroxylation is 1. The summed E-state index contributed by atoms with van der Waals surface area (Å²) in [5.41, 5.74) is 0.255.